The van der Waals surface area contributed by atoms with Crippen molar-refractivity contribution >= 4 is 11.5 Å². The van der Waals surface area contributed by atoms with Crippen LogP contribution in [0, 0.1) is 0 Å². The Morgan fingerprint density at radius 2 is 1.76 bits per heavy atom. The van der Waals surface area contributed by atoms with Crippen LogP contribution in [0.4, 0.5) is 5.69 Å². The Hall–Kier alpha value is -2.57. The molecule has 0 radical (unpaired) electrons. The number of benzene rings is 2. The fourth-order valence-corrected chi connectivity index (χ4v) is 5.25. The van der Waals surface area contributed by atoms with Gasteiger partial charge in [0, 0.05) is 18.5 Å². The summed E-state index contributed by atoms with van der Waals surface area (Å²) in [5.41, 5.74) is 5.05. The molecule has 0 unspecified atom stereocenters. The number of aryl methyl sites for hydroxylation is 2. The number of unbranched alkanes of at least 4 members (excludes halogenated alkanes) is 4. The molecule has 0 aromatic heterocycles. The molecule has 6 nitrogen and oxygen atoms in total. The van der Waals surface area contributed by atoms with E-state index in [2.05, 4.69) is 23.5 Å². The third-order valence-electron chi connectivity index (χ3n) is 7.49. The highest BCUT2D eigenvalue weighted by molar-refractivity contribution is 5.79. The summed E-state index contributed by atoms with van der Waals surface area (Å²) in [5.74, 6) is 1.44. The number of aliphatic hydroxyl groups excluding tert-OH is 2. The second-order valence-corrected chi connectivity index (χ2v) is 10.4. The summed E-state index contributed by atoms with van der Waals surface area (Å²) in [6.45, 7) is 1.85. The van der Waals surface area contributed by atoms with E-state index in [1.54, 1.807) is 14.2 Å². The summed E-state index contributed by atoms with van der Waals surface area (Å²) in [7, 11) is 3.21. The number of methoxy groups -OCH3 is 2. The smallest absolute Gasteiger partial charge is 0.160 e. The standard InChI is InChI=1S/C31H45NO5/c1-22(33)28-18-17-27-24(11-9-13-29(27)32-28)10-7-5-4-6-8-12-25(34)21-26(35)16-14-23-15-19-30(36-2)31(20-23)37-3/h9,11,13,15,19-20,22,25,28,32-34H,4-8,10,12,14,16-18,21H2,1-3H3/t22-,25-,28-/m0/s1. The maximum atomic E-state index is 12.3. The van der Waals surface area contributed by atoms with Crippen molar-refractivity contribution in [2.24, 2.45) is 0 Å². The van der Waals surface area contributed by atoms with Crippen LogP contribution >= 0.6 is 0 Å². The SMILES string of the molecule is COc1ccc(CCC(=O)C[C@@H](O)CCCCCCCc2cccc3c2CC[C@@H]([C@H](C)O)N3)cc1OC. The van der Waals surface area contributed by atoms with E-state index in [-0.39, 0.29) is 24.3 Å². The summed E-state index contributed by atoms with van der Waals surface area (Å²) in [6.07, 6.45) is 9.70. The van der Waals surface area contributed by atoms with Gasteiger partial charge in [-0.2, -0.15) is 0 Å². The van der Waals surface area contributed by atoms with Gasteiger partial charge >= 0.3 is 0 Å². The summed E-state index contributed by atoms with van der Waals surface area (Å²) < 4.78 is 10.6. The molecule has 0 bridgehead atoms. The number of anilines is 1. The lowest BCUT2D eigenvalue weighted by atomic mass is 9.90. The van der Waals surface area contributed by atoms with E-state index in [0.717, 1.165) is 50.5 Å². The second kappa shape index (κ2) is 15.0. The van der Waals surface area contributed by atoms with E-state index in [9.17, 15) is 15.0 Å². The Kier molecular flexibility index (Phi) is 11.7. The Labute approximate surface area is 222 Å². The Morgan fingerprint density at radius 1 is 1.00 bits per heavy atom. The van der Waals surface area contributed by atoms with Crippen LogP contribution in [0.1, 0.15) is 81.4 Å². The number of ketones is 1. The minimum atomic E-state index is -0.549. The fraction of sp³-hybridized carbons (Fsp3) is 0.581. The molecule has 204 valence electrons. The highest BCUT2D eigenvalue weighted by atomic mass is 16.5. The molecular weight excluding hydrogens is 466 g/mol. The molecule has 0 amide bonds. The van der Waals surface area contributed by atoms with Crippen LogP contribution in [-0.2, 0) is 24.1 Å². The fourth-order valence-electron chi connectivity index (χ4n) is 5.25. The molecule has 3 rings (SSSR count). The third kappa shape index (κ3) is 9.04. The lowest BCUT2D eigenvalue weighted by Crippen LogP contribution is -2.35. The molecule has 3 atom stereocenters. The summed E-state index contributed by atoms with van der Waals surface area (Å²) in [4.78, 5) is 12.3. The van der Waals surface area contributed by atoms with Gasteiger partial charge in [-0.3, -0.25) is 4.79 Å². The summed E-state index contributed by atoms with van der Waals surface area (Å²) >= 11 is 0. The molecule has 1 aliphatic rings. The number of carbonyl (C=O) groups is 1. The van der Waals surface area contributed by atoms with Gasteiger partial charge < -0.3 is 25.0 Å². The van der Waals surface area contributed by atoms with Gasteiger partial charge in [-0.25, -0.2) is 0 Å². The monoisotopic (exact) mass is 511 g/mol. The lowest BCUT2D eigenvalue weighted by molar-refractivity contribution is -0.121. The summed E-state index contributed by atoms with van der Waals surface area (Å²) in [6, 6.07) is 12.3. The number of aliphatic hydroxyl groups is 2. The predicted molar refractivity (Wildman–Crippen MR) is 149 cm³/mol. The average Bonchev–Trinajstić information content (AvgIpc) is 2.90. The highest BCUT2D eigenvalue weighted by Gasteiger charge is 2.22. The zero-order valence-corrected chi connectivity index (χ0v) is 22.8. The van der Waals surface area contributed by atoms with Gasteiger partial charge in [-0.15, -0.1) is 0 Å². The highest BCUT2D eigenvalue weighted by Crippen LogP contribution is 2.30. The largest absolute Gasteiger partial charge is 0.493 e. The van der Waals surface area contributed by atoms with Crippen LogP contribution in [-0.4, -0.2) is 48.5 Å². The lowest BCUT2D eigenvalue weighted by Gasteiger charge is -2.30. The van der Waals surface area contributed by atoms with Crippen molar-refractivity contribution < 1.29 is 24.5 Å². The van der Waals surface area contributed by atoms with Crippen molar-refractivity contribution in [3.05, 3.63) is 53.1 Å². The average molecular weight is 512 g/mol. The van der Waals surface area contributed by atoms with E-state index in [4.69, 9.17) is 9.47 Å². The van der Waals surface area contributed by atoms with Gasteiger partial charge in [0.2, 0.25) is 0 Å². The number of rotatable bonds is 16. The first-order chi connectivity index (χ1) is 17.9. The van der Waals surface area contributed by atoms with Gasteiger partial charge in [0.05, 0.1) is 32.5 Å². The van der Waals surface area contributed by atoms with Crippen molar-refractivity contribution in [3.8, 4) is 11.5 Å². The molecule has 0 saturated carbocycles. The van der Waals surface area contributed by atoms with Crippen LogP contribution in [0.25, 0.3) is 0 Å². The van der Waals surface area contributed by atoms with Crippen molar-refractivity contribution in [2.75, 3.05) is 19.5 Å². The molecule has 2 aromatic carbocycles. The Morgan fingerprint density at radius 3 is 2.51 bits per heavy atom. The molecule has 6 heteroatoms. The third-order valence-corrected chi connectivity index (χ3v) is 7.49. The first kappa shape index (κ1) is 29.0. The number of ether oxygens (including phenoxy) is 2. The van der Waals surface area contributed by atoms with Crippen molar-refractivity contribution in [1.29, 1.82) is 0 Å². The van der Waals surface area contributed by atoms with Crippen molar-refractivity contribution in [1.82, 2.24) is 0 Å². The van der Waals surface area contributed by atoms with E-state index in [1.807, 2.05) is 25.1 Å². The molecule has 1 heterocycles. The maximum Gasteiger partial charge on any atom is 0.160 e. The van der Waals surface area contributed by atoms with Crippen LogP contribution in [0.2, 0.25) is 0 Å². The minimum Gasteiger partial charge on any atom is -0.493 e. The zero-order chi connectivity index (χ0) is 26.6. The van der Waals surface area contributed by atoms with Crippen molar-refractivity contribution in [3.63, 3.8) is 0 Å². The second-order valence-electron chi connectivity index (χ2n) is 10.4. The number of hydrogen-bond acceptors (Lipinski definition) is 6. The van der Waals surface area contributed by atoms with Crippen LogP contribution in [0.3, 0.4) is 0 Å². The topological polar surface area (TPSA) is 88.0 Å². The van der Waals surface area contributed by atoms with Gasteiger partial charge in [0.25, 0.3) is 0 Å². The van der Waals surface area contributed by atoms with Crippen LogP contribution in [0.15, 0.2) is 36.4 Å². The van der Waals surface area contributed by atoms with E-state index < -0.39 is 6.10 Å². The molecule has 1 aliphatic heterocycles. The molecular formula is C31H45NO5. The van der Waals surface area contributed by atoms with Gasteiger partial charge in [-0.1, -0.05) is 43.9 Å². The molecule has 0 saturated heterocycles. The first-order valence-corrected chi connectivity index (χ1v) is 13.9. The number of nitrogens with one attached hydrogen (secondary N) is 1. The molecule has 3 N–H and O–H groups in total. The predicted octanol–water partition coefficient (Wildman–Crippen LogP) is 5.65. The van der Waals surface area contributed by atoms with Gasteiger partial charge in [0.1, 0.15) is 5.78 Å². The number of carbonyl (C=O) groups excluding carboxylic acids is 1. The van der Waals surface area contributed by atoms with Crippen LogP contribution in [0.5, 0.6) is 11.5 Å². The van der Waals surface area contributed by atoms with E-state index >= 15 is 0 Å². The minimum absolute atomic E-state index is 0.0998. The zero-order valence-electron chi connectivity index (χ0n) is 22.8. The van der Waals surface area contributed by atoms with E-state index in [0.29, 0.717) is 30.8 Å². The molecule has 0 fully saturated rings. The van der Waals surface area contributed by atoms with Gasteiger partial charge in [0.15, 0.2) is 11.5 Å². The normalized spacial score (nSPS) is 16.4. The number of fused-ring (bicyclic) bond motifs is 1. The number of hydrogen-bond donors (Lipinski definition) is 3. The van der Waals surface area contributed by atoms with E-state index in [1.165, 1.54) is 23.2 Å². The molecule has 0 aliphatic carbocycles. The Bertz CT molecular complexity index is 990. The van der Waals surface area contributed by atoms with Crippen LogP contribution < -0.4 is 14.8 Å². The summed E-state index contributed by atoms with van der Waals surface area (Å²) in [5, 5.41) is 23.7. The molecule has 2 aromatic rings. The number of Topliss-reactive ketones (excluding diaryl/α,β-unsaturated/α-hetero) is 1. The maximum absolute atomic E-state index is 12.3. The van der Waals surface area contributed by atoms with Crippen molar-refractivity contribution in [2.45, 2.75) is 102 Å². The quantitative estimate of drug-likeness (QED) is 0.253. The molecule has 0 spiro atoms. The van der Waals surface area contributed by atoms with Gasteiger partial charge in [-0.05, 0) is 80.3 Å². The first-order valence-electron chi connectivity index (χ1n) is 13.9. The molecule has 37 heavy (non-hydrogen) atoms. The Balaban J connectivity index is 1.27.